The molecular formula is C26H34N4O5. The molecule has 2 amide bonds. The quantitative estimate of drug-likeness (QED) is 0.314. The first kappa shape index (κ1) is 26.0. The molecule has 188 valence electrons. The molecule has 0 bridgehead atoms. The maximum atomic E-state index is 12.2. The van der Waals surface area contributed by atoms with E-state index in [1.807, 2.05) is 30.3 Å². The average Bonchev–Trinajstić information content (AvgIpc) is 2.89. The molecule has 9 heteroatoms. The van der Waals surface area contributed by atoms with Crippen molar-refractivity contribution in [3.05, 3.63) is 59.3 Å². The molecule has 3 N–H and O–H groups in total. The molecule has 1 aliphatic rings. The molecule has 0 spiro atoms. The number of carbonyl (C=O) groups is 3. The predicted molar refractivity (Wildman–Crippen MR) is 132 cm³/mol. The number of aryl methyl sites for hydroxylation is 2. The summed E-state index contributed by atoms with van der Waals surface area (Å²) < 4.78 is 9.92. The maximum Gasteiger partial charge on any atom is 0.408 e. The van der Waals surface area contributed by atoms with Crippen LogP contribution < -0.4 is 16.0 Å². The molecular weight excluding hydrogens is 448 g/mol. The number of esters is 1. The number of anilines is 1. The third kappa shape index (κ3) is 8.92. The van der Waals surface area contributed by atoms with Gasteiger partial charge in [0.1, 0.15) is 18.5 Å². The molecule has 1 aliphatic heterocycles. The van der Waals surface area contributed by atoms with Gasteiger partial charge in [-0.2, -0.15) is 0 Å². The van der Waals surface area contributed by atoms with Gasteiger partial charge in [-0.15, -0.1) is 0 Å². The summed E-state index contributed by atoms with van der Waals surface area (Å²) in [6.45, 7) is 1.29. The molecule has 1 aromatic heterocycles. The van der Waals surface area contributed by atoms with Crippen molar-refractivity contribution >= 4 is 23.8 Å². The summed E-state index contributed by atoms with van der Waals surface area (Å²) in [4.78, 5) is 41.0. The minimum Gasteiger partial charge on any atom is -0.467 e. The van der Waals surface area contributed by atoms with Gasteiger partial charge >= 0.3 is 12.1 Å². The third-order valence-electron chi connectivity index (χ3n) is 5.78. The number of alkyl carbamates (subject to hydrolysis) is 1. The number of nitrogens with zero attached hydrogens (tertiary/aromatic N) is 1. The van der Waals surface area contributed by atoms with Crippen molar-refractivity contribution < 1.29 is 23.9 Å². The predicted octanol–water partition coefficient (Wildman–Crippen LogP) is 3.13. The Morgan fingerprint density at radius 2 is 1.94 bits per heavy atom. The minimum atomic E-state index is -0.910. The van der Waals surface area contributed by atoms with Crippen LogP contribution in [0.2, 0.25) is 0 Å². The van der Waals surface area contributed by atoms with Gasteiger partial charge in [0, 0.05) is 25.2 Å². The van der Waals surface area contributed by atoms with Crippen LogP contribution in [-0.4, -0.2) is 49.2 Å². The van der Waals surface area contributed by atoms with Gasteiger partial charge in [-0.1, -0.05) is 36.4 Å². The fourth-order valence-corrected chi connectivity index (χ4v) is 3.84. The molecule has 9 nitrogen and oxygen atoms in total. The molecule has 0 saturated heterocycles. The number of rotatable bonds is 12. The van der Waals surface area contributed by atoms with E-state index in [1.165, 1.54) is 12.7 Å². The van der Waals surface area contributed by atoms with Crippen LogP contribution in [0.5, 0.6) is 0 Å². The van der Waals surface area contributed by atoms with Crippen LogP contribution >= 0.6 is 0 Å². The maximum absolute atomic E-state index is 12.2. The van der Waals surface area contributed by atoms with Gasteiger partial charge in [0.15, 0.2) is 0 Å². The first-order valence-electron chi connectivity index (χ1n) is 12.1. The second-order valence-corrected chi connectivity index (χ2v) is 8.47. The van der Waals surface area contributed by atoms with Gasteiger partial charge in [-0.25, -0.2) is 14.6 Å². The summed E-state index contributed by atoms with van der Waals surface area (Å²) in [7, 11) is 1.25. The lowest BCUT2D eigenvalue weighted by molar-refractivity contribution is -0.143. The van der Waals surface area contributed by atoms with E-state index in [0.717, 1.165) is 55.7 Å². The summed E-state index contributed by atoms with van der Waals surface area (Å²) >= 11 is 0. The molecule has 1 unspecified atom stereocenters. The first-order valence-corrected chi connectivity index (χ1v) is 12.1. The summed E-state index contributed by atoms with van der Waals surface area (Å²) in [5.74, 6) is 0.299. The molecule has 2 aromatic rings. The topological polar surface area (TPSA) is 119 Å². The Labute approximate surface area is 206 Å². The van der Waals surface area contributed by atoms with Crippen LogP contribution in [0, 0.1) is 0 Å². The Hall–Kier alpha value is -3.62. The number of fused-ring (bicyclic) bond motifs is 1. The number of pyridine rings is 1. The van der Waals surface area contributed by atoms with E-state index in [-0.39, 0.29) is 25.5 Å². The molecule has 35 heavy (non-hydrogen) atoms. The van der Waals surface area contributed by atoms with Gasteiger partial charge in [-0.3, -0.25) is 4.79 Å². The number of amides is 2. The zero-order valence-electron chi connectivity index (χ0n) is 20.2. The molecule has 0 fully saturated rings. The van der Waals surface area contributed by atoms with E-state index in [9.17, 15) is 14.4 Å². The Morgan fingerprint density at radius 1 is 1.11 bits per heavy atom. The Morgan fingerprint density at radius 3 is 2.74 bits per heavy atom. The zero-order valence-corrected chi connectivity index (χ0v) is 20.2. The standard InChI is InChI=1S/C26H34N4O5/c1-34-25(32)22(30-26(33)35-18-19-8-3-2-4-9-19)15-17-27-23(31)12-6-5-11-21-14-13-20-10-7-16-28-24(20)29-21/h2-4,8-9,13-14,22H,5-7,10-12,15-18H2,1H3,(H,27,31)(H,28,29)(H,30,33). The average molecular weight is 483 g/mol. The smallest absolute Gasteiger partial charge is 0.408 e. The van der Waals surface area contributed by atoms with Crippen LogP contribution in [0.25, 0.3) is 0 Å². The molecule has 1 aromatic carbocycles. The van der Waals surface area contributed by atoms with Gasteiger partial charge < -0.3 is 25.4 Å². The van der Waals surface area contributed by atoms with Crippen LogP contribution in [0.3, 0.4) is 0 Å². The third-order valence-corrected chi connectivity index (χ3v) is 5.78. The van der Waals surface area contributed by atoms with E-state index in [0.29, 0.717) is 6.42 Å². The van der Waals surface area contributed by atoms with Crippen LogP contribution in [0.4, 0.5) is 10.6 Å². The van der Waals surface area contributed by atoms with Gasteiger partial charge in [-0.05, 0) is 55.7 Å². The molecule has 0 radical (unpaired) electrons. The van der Waals surface area contributed by atoms with E-state index in [2.05, 4.69) is 33.1 Å². The first-order chi connectivity index (χ1) is 17.0. The lowest BCUT2D eigenvalue weighted by Crippen LogP contribution is -2.43. The molecule has 0 saturated carbocycles. The number of ether oxygens (including phenoxy) is 2. The number of hydrogen-bond acceptors (Lipinski definition) is 7. The Bertz CT molecular complexity index is 983. The molecule has 1 atom stereocenters. The van der Waals surface area contributed by atoms with Crippen molar-refractivity contribution in [3.63, 3.8) is 0 Å². The van der Waals surface area contributed by atoms with Crippen LogP contribution in [0.1, 0.15) is 48.9 Å². The van der Waals surface area contributed by atoms with Crippen molar-refractivity contribution in [1.29, 1.82) is 0 Å². The number of hydrogen-bond donors (Lipinski definition) is 3. The fraction of sp³-hybridized carbons (Fsp3) is 0.462. The second kappa shape index (κ2) is 13.9. The number of nitrogens with one attached hydrogen (secondary N) is 3. The summed E-state index contributed by atoms with van der Waals surface area (Å²) in [5, 5.41) is 8.64. The largest absolute Gasteiger partial charge is 0.467 e. The van der Waals surface area contributed by atoms with Crippen molar-refractivity contribution in [2.45, 2.75) is 57.6 Å². The van der Waals surface area contributed by atoms with Gasteiger partial charge in [0.2, 0.25) is 5.91 Å². The highest BCUT2D eigenvalue weighted by Gasteiger charge is 2.22. The summed E-state index contributed by atoms with van der Waals surface area (Å²) in [6.07, 6.45) is 4.49. The van der Waals surface area contributed by atoms with E-state index in [4.69, 9.17) is 9.47 Å². The van der Waals surface area contributed by atoms with Crippen molar-refractivity contribution in [1.82, 2.24) is 15.6 Å². The highest BCUT2D eigenvalue weighted by molar-refractivity contribution is 5.81. The monoisotopic (exact) mass is 482 g/mol. The Kier molecular flexibility index (Phi) is 10.3. The van der Waals surface area contributed by atoms with Crippen LogP contribution in [-0.2, 0) is 38.5 Å². The fourth-order valence-electron chi connectivity index (χ4n) is 3.84. The Balaban J connectivity index is 1.32. The van der Waals surface area contributed by atoms with Gasteiger partial charge in [0.25, 0.3) is 0 Å². The van der Waals surface area contributed by atoms with Crippen molar-refractivity contribution in [2.24, 2.45) is 0 Å². The van der Waals surface area contributed by atoms with Gasteiger partial charge in [0.05, 0.1) is 7.11 Å². The lowest BCUT2D eigenvalue weighted by atomic mass is 10.1. The lowest BCUT2D eigenvalue weighted by Gasteiger charge is -2.17. The van der Waals surface area contributed by atoms with Crippen LogP contribution in [0.15, 0.2) is 42.5 Å². The minimum absolute atomic E-state index is 0.0921. The number of unbranched alkanes of at least 4 members (excludes halogenated alkanes) is 1. The zero-order chi connectivity index (χ0) is 24.9. The normalized spacial score (nSPS) is 13.1. The highest BCUT2D eigenvalue weighted by Crippen LogP contribution is 2.20. The van der Waals surface area contributed by atoms with E-state index >= 15 is 0 Å². The van der Waals surface area contributed by atoms with E-state index < -0.39 is 18.1 Å². The van der Waals surface area contributed by atoms with Crippen molar-refractivity contribution in [3.8, 4) is 0 Å². The number of methoxy groups -OCH3 is 1. The molecule has 2 heterocycles. The second-order valence-electron chi connectivity index (χ2n) is 8.47. The highest BCUT2D eigenvalue weighted by atomic mass is 16.6. The molecule has 0 aliphatic carbocycles. The van der Waals surface area contributed by atoms with E-state index in [1.54, 1.807) is 0 Å². The SMILES string of the molecule is COC(=O)C(CCNC(=O)CCCCc1ccc2c(n1)NCCC2)NC(=O)OCc1ccccc1. The number of carbonyl (C=O) groups excluding carboxylic acids is 3. The summed E-state index contributed by atoms with van der Waals surface area (Å²) in [6, 6.07) is 12.5. The number of benzene rings is 1. The van der Waals surface area contributed by atoms with Crippen molar-refractivity contribution in [2.75, 3.05) is 25.5 Å². The number of aromatic nitrogens is 1. The summed E-state index contributed by atoms with van der Waals surface area (Å²) in [5.41, 5.74) is 3.14. The molecule has 3 rings (SSSR count).